The van der Waals surface area contributed by atoms with Crippen LogP contribution in [0.25, 0.3) is 22.1 Å². The van der Waals surface area contributed by atoms with E-state index >= 15 is 0 Å². The molecule has 8 nitrogen and oxygen atoms in total. The van der Waals surface area contributed by atoms with Crippen LogP contribution in [0, 0.1) is 0 Å². The second-order valence-electron chi connectivity index (χ2n) is 7.26. The molecule has 0 unspecified atom stereocenters. The molecule has 29 heavy (non-hydrogen) atoms. The Morgan fingerprint density at radius 1 is 0.897 bits per heavy atom. The summed E-state index contributed by atoms with van der Waals surface area (Å²) >= 11 is 0. The summed E-state index contributed by atoms with van der Waals surface area (Å²) in [6.45, 7) is 8.60. The molecular weight excluding hydrogens is 366 g/mol. The van der Waals surface area contributed by atoms with Crippen LogP contribution in [0.2, 0.25) is 0 Å². The Morgan fingerprint density at radius 3 is 2.31 bits per heavy atom. The second-order valence-corrected chi connectivity index (χ2v) is 7.26. The molecule has 154 valence electrons. The normalized spacial score (nSPS) is 18.6. The monoisotopic (exact) mass is 395 g/mol. The minimum Gasteiger partial charge on any atom is -0.438 e. The summed E-state index contributed by atoms with van der Waals surface area (Å²) in [7, 11) is 0. The SMILES string of the molecule is N/N=c1\c2ccccc2oc2nc(CN3CCNCCNCCNCC3)ccc12. The van der Waals surface area contributed by atoms with Gasteiger partial charge in [-0.05, 0) is 24.3 Å². The Balaban J connectivity index is 1.57. The van der Waals surface area contributed by atoms with Crippen molar-refractivity contribution in [1.29, 1.82) is 0 Å². The lowest BCUT2D eigenvalue weighted by atomic mass is 10.1. The number of para-hydroxylation sites is 1. The van der Waals surface area contributed by atoms with Crippen LogP contribution < -0.4 is 27.2 Å². The van der Waals surface area contributed by atoms with Gasteiger partial charge >= 0.3 is 0 Å². The predicted octanol–water partition coefficient (Wildman–Crippen LogP) is 0.340. The standard InChI is InChI=1S/C21H29N7O/c22-27-20-17-3-1-2-4-19(17)29-21-18(20)6-5-16(26-21)15-28-13-11-24-9-7-23-8-10-25-12-14-28/h1-6,23-25H,7-15,22H2/b27-20+. The maximum Gasteiger partial charge on any atom is 0.229 e. The van der Waals surface area contributed by atoms with Gasteiger partial charge in [0.05, 0.1) is 11.1 Å². The molecule has 8 heteroatoms. The van der Waals surface area contributed by atoms with Gasteiger partial charge in [0.25, 0.3) is 0 Å². The molecule has 0 amide bonds. The molecule has 1 saturated heterocycles. The number of nitrogens with two attached hydrogens (primary N) is 1. The third-order valence-electron chi connectivity index (χ3n) is 5.20. The minimum absolute atomic E-state index is 0.571. The molecule has 1 fully saturated rings. The first-order valence-corrected chi connectivity index (χ1v) is 10.2. The zero-order chi connectivity index (χ0) is 19.9. The fraction of sp³-hybridized carbons (Fsp3) is 0.429. The number of fused-ring (bicyclic) bond motifs is 2. The molecule has 0 atom stereocenters. The van der Waals surface area contributed by atoms with Crippen LogP contribution in [0.1, 0.15) is 5.69 Å². The molecule has 0 aliphatic carbocycles. The minimum atomic E-state index is 0.571. The van der Waals surface area contributed by atoms with Crippen molar-refractivity contribution in [3.05, 3.63) is 47.4 Å². The van der Waals surface area contributed by atoms with Gasteiger partial charge in [0.1, 0.15) is 10.9 Å². The van der Waals surface area contributed by atoms with Crippen molar-refractivity contribution in [2.24, 2.45) is 10.9 Å². The van der Waals surface area contributed by atoms with E-state index in [9.17, 15) is 0 Å². The molecule has 3 aromatic rings. The lowest BCUT2D eigenvalue weighted by Gasteiger charge is -2.23. The molecule has 0 saturated carbocycles. The van der Waals surface area contributed by atoms with Crippen molar-refractivity contribution in [3.63, 3.8) is 0 Å². The summed E-state index contributed by atoms with van der Waals surface area (Å²) in [5.41, 5.74) is 2.29. The van der Waals surface area contributed by atoms with Crippen LogP contribution in [0.3, 0.4) is 0 Å². The van der Waals surface area contributed by atoms with E-state index in [1.54, 1.807) is 0 Å². The Hall–Kier alpha value is -2.52. The lowest BCUT2D eigenvalue weighted by Crippen LogP contribution is -2.41. The quantitative estimate of drug-likeness (QED) is 0.282. The molecule has 4 rings (SSSR count). The summed E-state index contributed by atoms with van der Waals surface area (Å²) in [6.07, 6.45) is 0. The fourth-order valence-electron chi connectivity index (χ4n) is 3.67. The van der Waals surface area contributed by atoms with Gasteiger partial charge in [-0.3, -0.25) is 4.90 Å². The average molecular weight is 396 g/mol. The molecule has 0 bridgehead atoms. The van der Waals surface area contributed by atoms with Crippen LogP contribution in [-0.2, 0) is 6.54 Å². The van der Waals surface area contributed by atoms with Crippen LogP contribution in [0.5, 0.6) is 0 Å². The van der Waals surface area contributed by atoms with E-state index in [2.05, 4.69) is 26.0 Å². The van der Waals surface area contributed by atoms with Crippen molar-refractivity contribution in [1.82, 2.24) is 25.8 Å². The topological polar surface area (TPSA) is 104 Å². The molecule has 3 heterocycles. The molecule has 1 aliphatic rings. The van der Waals surface area contributed by atoms with Gasteiger partial charge in [0, 0.05) is 64.3 Å². The number of hydrogen-bond donors (Lipinski definition) is 4. The van der Waals surface area contributed by atoms with Gasteiger partial charge < -0.3 is 26.2 Å². The zero-order valence-corrected chi connectivity index (χ0v) is 16.7. The van der Waals surface area contributed by atoms with E-state index in [1.807, 2.05) is 36.4 Å². The Morgan fingerprint density at radius 2 is 1.59 bits per heavy atom. The average Bonchev–Trinajstić information content (AvgIpc) is 2.74. The second kappa shape index (κ2) is 9.80. The molecule has 0 spiro atoms. The summed E-state index contributed by atoms with van der Waals surface area (Å²) < 4.78 is 6.05. The van der Waals surface area contributed by atoms with Crippen molar-refractivity contribution in [3.8, 4) is 0 Å². The summed E-state index contributed by atoms with van der Waals surface area (Å²) in [5, 5.41) is 16.8. The fourth-order valence-corrected chi connectivity index (χ4v) is 3.67. The third-order valence-corrected chi connectivity index (χ3v) is 5.20. The number of hydrogen-bond acceptors (Lipinski definition) is 8. The van der Waals surface area contributed by atoms with Crippen LogP contribution in [0.15, 0.2) is 45.9 Å². The van der Waals surface area contributed by atoms with E-state index < -0.39 is 0 Å². The van der Waals surface area contributed by atoms with Crippen molar-refractivity contribution < 1.29 is 4.42 Å². The highest BCUT2D eigenvalue weighted by Gasteiger charge is 2.11. The highest BCUT2D eigenvalue weighted by Crippen LogP contribution is 2.17. The highest BCUT2D eigenvalue weighted by molar-refractivity contribution is 5.87. The van der Waals surface area contributed by atoms with Gasteiger partial charge in [-0.1, -0.05) is 12.1 Å². The van der Waals surface area contributed by atoms with Gasteiger partial charge in [-0.25, -0.2) is 4.98 Å². The molecule has 1 aliphatic heterocycles. The largest absolute Gasteiger partial charge is 0.438 e. The lowest BCUT2D eigenvalue weighted by molar-refractivity contribution is 0.260. The number of rotatable bonds is 2. The molecular formula is C21H29N7O. The van der Waals surface area contributed by atoms with Gasteiger partial charge in [-0.15, -0.1) is 0 Å². The number of benzene rings is 1. The Bertz CT molecular complexity index is 1000. The Kier molecular flexibility index (Phi) is 6.68. The van der Waals surface area contributed by atoms with E-state index in [0.717, 1.165) is 81.0 Å². The molecule has 1 aromatic carbocycles. The highest BCUT2D eigenvalue weighted by atomic mass is 16.3. The van der Waals surface area contributed by atoms with Crippen molar-refractivity contribution in [2.75, 3.05) is 52.4 Å². The maximum atomic E-state index is 6.05. The summed E-state index contributed by atoms with van der Waals surface area (Å²) in [4.78, 5) is 7.20. The number of nitrogens with zero attached hydrogens (tertiary/aromatic N) is 3. The molecule has 2 aromatic heterocycles. The van der Waals surface area contributed by atoms with Crippen molar-refractivity contribution >= 4 is 22.1 Å². The van der Waals surface area contributed by atoms with E-state index in [4.69, 9.17) is 15.2 Å². The van der Waals surface area contributed by atoms with Gasteiger partial charge in [0.15, 0.2) is 0 Å². The number of pyridine rings is 1. The van der Waals surface area contributed by atoms with E-state index in [-0.39, 0.29) is 0 Å². The molecule has 5 N–H and O–H groups in total. The Labute approximate surface area is 170 Å². The first-order chi connectivity index (χ1) is 14.3. The number of aromatic nitrogens is 1. The van der Waals surface area contributed by atoms with Crippen LogP contribution in [-0.4, -0.2) is 62.2 Å². The van der Waals surface area contributed by atoms with Crippen molar-refractivity contribution in [2.45, 2.75) is 6.54 Å². The van der Waals surface area contributed by atoms with E-state index in [0.29, 0.717) is 11.1 Å². The zero-order valence-electron chi connectivity index (χ0n) is 16.7. The molecule has 0 radical (unpaired) electrons. The smallest absolute Gasteiger partial charge is 0.229 e. The maximum absolute atomic E-state index is 6.05. The third kappa shape index (κ3) is 4.91. The first kappa shape index (κ1) is 19.8. The van der Waals surface area contributed by atoms with Gasteiger partial charge in [0.2, 0.25) is 5.71 Å². The summed E-state index contributed by atoms with van der Waals surface area (Å²) in [6, 6.07) is 11.8. The predicted molar refractivity (Wildman–Crippen MR) is 115 cm³/mol. The van der Waals surface area contributed by atoms with E-state index in [1.165, 1.54) is 0 Å². The van der Waals surface area contributed by atoms with Gasteiger partial charge in [-0.2, -0.15) is 5.10 Å². The van der Waals surface area contributed by atoms with Crippen LogP contribution >= 0.6 is 0 Å². The summed E-state index contributed by atoms with van der Waals surface area (Å²) in [5.74, 6) is 5.68. The number of nitrogens with one attached hydrogen (secondary N) is 3. The van der Waals surface area contributed by atoms with Crippen LogP contribution in [0.4, 0.5) is 0 Å². The first-order valence-electron chi connectivity index (χ1n) is 10.2.